The molecule has 0 bridgehead atoms. The summed E-state index contributed by atoms with van der Waals surface area (Å²) in [4.78, 5) is 24.6. The van der Waals surface area contributed by atoms with Gasteiger partial charge in [0.25, 0.3) is 5.91 Å². The summed E-state index contributed by atoms with van der Waals surface area (Å²) in [5, 5.41) is 12.9. The molecule has 0 saturated carbocycles. The van der Waals surface area contributed by atoms with Crippen LogP contribution in [0.5, 0.6) is 0 Å². The van der Waals surface area contributed by atoms with Crippen LogP contribution < -0.4 is 5.32 Å². The normalized spacial score (nSPS) is 10.7. The quantitative estimate of drug-likeness (QED) is 0.902. The van der Waals surface area contributed by atoms with Crippen LogP contribution in [-0.2, 0) is 13.5 Å². The first-order chi connectivity index (χ1) is 9.85. The van der Waals surface area contributed by atoms with Crippen LogP contribution >= 0.6 is 22.9 Å². The lowest BCUT2D eigenvalue weighted by atomic mass is 10.1. The Morgan fingerprint density at radius 3 is 2.62 bits per heavy atom. The van der Waals surface area contributed by atoms with Gasteiger partial charge in [-0.05, 0) is 25.0 Å². The summed E-state index contributed by atoms with van der Waals surface area (Å²) in [5.41, 5.74) is 1.31. The lowest BCUT2D eigenvalue weighted by molar-refractivity contribution is 0.0697. The van der Waals surface area contributed by atoms with Crippen LogP contribution in [0.2, 0.25) is 5.02 Å². The topological polar surface area (TPSA) is 71.3 Å². The van der Waals surface area contributed by atoms with E-state index in [0.29, 0.717) is 22.1 Å². The number of halogens is 1. The van der Waals surface area contributed by atoms with E-state index in [1.807, 2.05) is 13.8 Å². The van der Waals surface area contributed by atoms with Crippen molar-refractivity contribution in [2.45, 2.75) is 20.3 Å². The highest BCUT2D eigenvalue weighted by molar-refractivity contribution is 7.16. The number of carbonyl (C=O) groups is 2. The van der Waals surface area contributed by atoms with E-state index in [2.05, 4.69) is 5.32 Å². The molecule has 0 aliphatic carbocycles. The standard InChI is InChI=1S/C14H15ClN2O3S/c1-4-9-7(2)21-13(11(9)14(19)20)16-12(18)10-5-8(15)6-17(10)3/h5-6H,4H2,1-3H3,(H,16,18)(H,19,20). The van der Waals surface area contributed by atoms with Gasteiger partial charge in [-0.3, -0.25) is 4.79 Å². The molecule has 112 valence electrons. The van der Waals surface area contributed by atoms with Crippen molar-refractivity contribution >= 4 is 39.8 Å². The zero-order chi connectivity index (χ0) is 15.7. The molecule has 0 atom stereocenters. The van der Waals surface area contributed by atoms with E-state index in [1.54, 1.807) is 23.9 Å². The minimum atomic E-state index is -1.03. The minimum absolute atomic E-state index is 0.175. The Hall–Kier alpha value is -1.79. The third-order valence-corrected chi connectivity index (χ3v) is 4.48. The van der Waals surface area contributed by atoms with Gasteiger partial charge in [0.05, 0.1) is 10.6 Å². The zero-order valence-corrected chi connectivity index (χ0v) is 13.4. The molecule has 0 fully saturated rings. The number of rotatable bonds is 4. The molecular formula is C14H15ClN2O3S. The van der Waals surface area contributed by atoms with Gasteiger partial charge in [0, 0.05) is 18.1 Å². The molecule has 0 radical (unpaired) electrons. The number of carbonyl (C=O) groups excluding carboxylic acids is 1. The first-order valence-corrected chi connectivity index (χ1v) is 7.53. The summed E-state index contributed by atoms with van der Waals surface area (Å²) in [5.74, 6) is -1.41. The maximum absolute atomic E-state index is 12.3. The smallest absolute Gasteiger partial charge is 0.339 e. The molecular weight excluding hydrogens is 312 g/mol. The number of hydrogen-bond donors (Lipinski definition) is 2. The Labute approximate surface area is 131 Å². The van der Waals surface area contributed by atoms with E-state index in [4.69, 9.17) is 11.6 Å². The number of carboxylic acids is 1. The number of aryl methyl sites for hydroxylation is 2. The summed E-state index contributed by atoms with van der Waals surface area (Å²) in [6.07, 6.45) is 2.22. The molecule has 21 heavy (non-hydrogen) atoms. The van der Waals surface area contributed by atoms with E-state index in [9.17, 15) is 14.7 Å². The molecule has 0 saturated heterocycles. The summed E-state index contributed by atoms with van der Waals surface area (Å²) in [7, 11) is 1.70. The second-order valence-corrected chi connectivity index (χ2v) is 6.27. The minimum Gasteiger partial charge on any atom is -0.478 e. The number of nitrogens with zero attached hydrogens (tertiary/aromatic N) is 1. The molecule has 0 aliphatic heterocycles. The van der Waals surface area contributed by atoms with Crippen molar-refractivity contribution in [3.8, 4) is 0 Å². The van der Waals surface area contributed by atoms with Crippen molar-refractivity contribution in [3.63, 3.8) is 0 Å². The van der Waals surface area contributed by atoms with Gasteiger partial charge < -0.3 is 15.0 Å². The molecule has 2 N–H and O–H groups in total. The van der Waals surface area contributed by atoms with Gasteiger partial charge >= 0.3 is 5.97 Å². The van der Waals surface area contributed by atoms with Crippen molar-refractivity contribution < 1.29 is 14.7 Å². The van der Waals surface area contributed by atoms with Crippen LogP contribution in [-0.4, -0.2) is 21.6 Å². The fourth-order valence-corrected chi connectivity index (χ4v) is 3.62. The molecule has 2 rings (SSSR count). The van der Waals surface area contributed by atoms with Gasteiger partial charge in [0.1, 0.15) is 10.7 Å². The summed E-state index contributed by atoms with van der Waals surface area (Å²) in [6.45, 7) is 3.75. The molecule has 2 heterocycles. The van der Waals surface area contributed by atoms with E-state index in [1.165, 1.54) is 11.3 Å². The number of aromatic nitrogens is 1. The Balaban J connectivity index is 2.38. The third-order valence-electron chi connectivity index (χ3n) is 3.21. The van der Waals surface area contributed by atoms with Crippen LogP contribution in [0.15, 0.2) is 12.3 Å². The number of nitrogens with one attached hydrogen (secondary N) is 1. The van der Waals surface area contributed by atoms with Gasteiger partial charge in [-0.25, -0.2) is 4.79 Å². The molecule has 2 aromatic rings. The number of carboxylic acid groups (broad SMARTS) is 1. The zero-order valence-electron chi connectivity index (χ0n) is 11.9. The highest BCUT2D eigenvalue weighted by atomic mass is 35.5. The molecule has 0 aromatic carbocycles. The highest BCUT2D eigenvalue weighted by Crippen LogP contribution is 2.33. The molecule has 5 nitrogen and oxygen atoms in total. The van der Waals surface area contributed by atoms with Gasteiger partial charge in [0.2, 0.25) is 0 Å². The average Bonchev–Trinajstić information content (AvgIpc) is 2.88. The number of thiophene rings is 1. The number of hydrogen-bond acceptors (Lipinski definition) is 3. The second-order valence-electron chi connectivity index (χ2n) is 4.61. The molecule has 0 aliphatic rings. The monoisotopic (exact) mass is 326 g/mol. The third kappa shape index (κ3) is 2.96. The summed E-state index contributed by atoms with van der Waals surface area (Å²) >= 11 is 7.13. The molecule has 7 heteroatoms. The Morgan fingerprint density at radius 1 is 1.48 bits per heavy atom. The van der Waals surface area contributed by atoms with E-state index >= 15 is 0 Å². The van der Waals surface area contributed by atoms with Crippen LogP contribution in [0, 0.1) is 6.92 Å². The SMILES string of the molecule is CCc1c(C)sc(NC(=O)c2cc(Cl)cn2C)c1C(=O)O. The molecule has 1 amide bonds. The molecule has 0 spiro atoms. The largest absolute Gasteiger partial charge is 0.478 e. The van der Waals surface area contributed by atoms with Gasteiger partial charge in [-0.1, -0.05) is 18.5 Å². The van der Waals surface area contributed by atoms with Gasteiger partial charge in [0.15, 0.2) is 0 Å². The summed E-state index contributed by atoms with van der Waals surface area (Å²) in [6, 6.07) is 1.54. The Kier molecular flexibility index (Phi) is 4.39. The van der Waals surface area contributed by atoms with Crippen LogP contribution in [0.25, 0.3) is 0 Å². The maximum Gasteiger partial charge on any atom is 0.339 e. The van der Waals surface area contributed by atoms with Crippen LogP contribution in [0.4, 0.5) is 5.00 Å². The Bertz CT molecular complexity index is 718. The van der Waals surface area contributed by atoms with Crippen molar-refractivity contribution in [2.75, 3.05) is 5.32 Å². The van der Waals surface area contributed by atoms with Gasteiger partial charge in [-0.2, -0.15) is 0 Å². The summed E-state index contributed by atoms with van der Waals surface area (Å²) < 4.78 is 1.60. The lowest BCUT2D eigenvalue weighted by Crippen LogP contribution is -2.16. The van der Waals surface area contributed by atoms with Crippen molar-refractivity contribution in [1.82, 2.24) is 4.57 Å². The van der Waals surface area contributed by atoms with E-state index in [0.717, 1.165) is 10.4 Å². The molecule has 0 unspecified atom stereocenters. The fourth-order valence-electron chi connectivity index (χ4n) is 2.24. The fraction of sp³-hybridized carbons (Fsp3) is 0.286. The predicted octanol–water partition coefficient (Wildman–Crippen LogP) is 3.56. The first-order valence-electron chi connectivity index (χ1n) is 6.33. The van der Waals surface area contributed by atoms with Crippen molar-refractivity contribution in [3.05, 3.63) is 39.0 Å². The van der Waals surface area contributed by atoms with Gasteiger partial charge in [-0.15, -0.1) is 11.3 Å². The molecule has 2 aromatic heterocycles. The van der Waals surface area contributed by atoms with Crippen molar-refractivity contribution in [1.29, 1.82) is 0 Å². The van der Waals surface area contributed by atoms with Crippen LogP contribution in [0.3, 0.4) is 0 Å². The first kappa shape index (κ1) is 15.6. The van der Waals surface area contributed by atoms with E-state index < -0.39 is 5.97 Å². The number of amides is 1. The van der Waals surface area contributed by atoms with E-state index in [-0.39, 0.29) is 11.5 Å². The lowest BCUT2D eigenvalue weighted by Gasteiger charge is -2.06. The highest BCUT2D eigenvalue weighted by Gasteiger charge is 2.23. The van der Waals surface area contributed by atoms with Crippen LogP contribution in [0.1, 0.15) is 38.2 Å². The number of anilines is 1. The Morgan fingerprint density at radius 2 is 2.14 bits per heavy atom. The average molecular weight is 327 g/mol. The number of aromatic carboxylic acids is 1. The second kappa shape index (κ2) is 5.91. The predicted molar refractivity (Wildman–Crippen MR) is 83.8 cm³/mol. The maximum atomic E-state index is 12.3. The van der Waals surface area contributed by atoms with Crippen molar-refractivity contribution in [2.24, 2.45) is 7.05 Å².